The molecule has 0 bridgehead atoms. The minimum atomic E-state index is -0.335. The van der Waals surface area contributed by atoms with Crippen LogP contribution in [0.5, 0.6) is 5.75 Å². The standard InChI is InChI=1S/C27H28N2O3S/c1-32-21-13-11-20(12-14-21)29-25(30)16-15-22(26(29)19-7-3-2-4-8-19)27(31)28-17-5-9-23(28)24-10-6-18-33-24/h2-4,6-8,10-14,18,22-23,26H,5,9,15-17H2,1H3/t22-,23-,26+/m0/s1. The van der Waals surface area contributed by atoms with E-state index in [1.807, 2.05) is 59.5 Å². The van der Waals surface area contributed by atoms with Gasteiger partial charge in [-0.3, -0.25) is 9.59 Å². The van der Waals surface area contributed by atoms with Crippen LogP contribution in [-0.2, 0) is 9.59 Å². The van der Waals surface area contributed by atoms with Crippen LogP contribution in [0.4, 0.5) is 5.69 Å². The molecule has 0 saturated carbocycles. The average molecular weight is 461 g/mol. The van der Waals surface area contributed by atoms with Gasteiger partial charge in [0.05, 0.1) is 25.1 Å². The second-order valence-corrected chi connectivity index (χ2v) is 9.65. The minimum Gasteiger partial charge on any atom is -0.497 e. The number of carbonyl (C=O) groups excluding carboxylic acids is 2. The normalized spacial score (nSPS) is 23.1. The zero-order valence-electron chi connectivity index (χ0n) is 18.7. The SMILES string of the molecule is COc1ccc(N2C(=O)CC[C@H](C(=O)N3CCC[C@H]3c3cccs3)[C@H]2c2ccccc2)cc1. The van der Waals surface area contributed by atoms with E-state index in [0.29, 0.717) is 12.8 Å². The largest absolute Gasteiger partial charge is 0.497 e. The summed E-state index contributed by atoms with van der Waals surface area (Å²) in [5.41, 5.74) is 1.79. The summed E-state index contributed by atoms with van der Waals surface area (Å²) in [7, 11) is 1.63. The second kappa shape index (κ2) is 9.40. The highest BCUT2D eigenvalue weighted by Gasteiger charge is 2.45. The number of rotatable bonds is 5. The van der Waals surface area contributed by atoms with Crippen molar-refractivity contribution in [2.24, 2.45) is 5.92 Å². The predicted octanol–water partition coefficient (Wildman–Crippen LogP) is 5.60. The lowest BCUT2D eigenvalue weighted by Gasteiger charge is -2.42. The fraction of sp³-hybridized carbons (Fsp3) is 0.333. The van der Waals surface area contributed by atoms with Crippen molar-refractivity contribution in [2.75, 3.05) is 18.6 Å². The zero-order chi connectivity index (χ0) is 22.8. The van der Waals surface area contributed by atoms with Crippen molar-refractivity contribution in [1.29, 1.82) is 0 Å². The number of anilines is 1. The van der Waals surface area contributed by atoms with E-state index in [2.05, 4.69) is 22.4 Å². The molecule has 1 aromatic heterocycles. The smallest absolute Gasteiger partial charge is 0.228 e. The number of amides is 2. The van der Waals surface area contributed by atoms with Gasteiger partial charge in [0.1, 0.15) is 5.75 Å². The van der Waals surface area contributed by atoms with Crippen LogP contribution in [0, 0.1) is 5.92 Å². The Morgan fingerprint density at radius 1 is 1.00 bits per heavy atom. The molecule has 0 spiro atoms. The van der Waals surface area contributed by atoms with Gasteiger partial charge in [0, 0.05) is 23.5 Å². The first-order valence-electron chi connectivity index (χ1n) is 11.5. The summed E-state index contributed by atoms with van der Waals surface area (Å²) in [4.78, 5) is 32.4. The maximum atomic E-state index is 14.0. The highest BCUT2D eigenvalue weighted by molar-refractivity contribution is 7.10. The monoisotopic (exact) mass is 460 g/mol. The van der Waals surface area contributed by atoms with Gasteiger partial charge >= 0.3 is 0 Å². The molecule has 2 aliphatic rings. The Hall–Kier alpha value is -3.12. The van der Waals surface area contributed by atoms with Gasteiger partial charge in [-0.05, 0) is 60.5 Å². The fourth-order valence-electron chi connectivity index (χ4n) is 5.25. The van der Waals surface area contributed by atoms with Gasteiger partial charge in [0.15, 0.2) is 0 Å². The Labute approximate surface area is 198 Å². The number of nitrogens with zero attached hydrogens (tertiary/aromatic N) is 2. The van der Waals surface area contributed by atoms with E-state index < -0.39 is 0 Å². The molecular formula is C27H28N2O3S. The third-order valence-electron chi connectivity index (χ3n) is 6.81. The molecule has 0 unspecified atom stereocenters. The van der Waals surface area contributed by atoms with E-state index in [1.165, 1.54) is 4.88 Å². The summed E-state index contributed by atoms with van der Waals surface area (Å²) in [6, 6.07) is 21.5. The van der Waals surface area contributed by atoms with E-state index >= 15 is 0 Å². The van der Waals surface area contributed by atoms with E-state index in [0.717, 1.165) is 36.4 Å². The van der Waals surface area contributed by atoms with E-state index in [1.54, 1.807) is 18.4 Å². The molecule has 2 aliphatic heterocycles. The minimum absolute atomic E-state index is 0.0503. The quantitative estimate of drug-likeness (QED) is 0.498. The van der Waals surface area contributed by atoms with E-state index in [4.69, 9.17) is 4.74 Å². The van der Waals surface area contributed by atoms with Crippen LogP contribution >= 0.6 is 11.3 Å². The third-order valence-corrected chi connectivity index (χ3v) is 7.79. The van der Waals surface area contributed by atoms with Crippen LogP contribution in [0.1, 0.15) is 48.2 Å². The highest BCUT2D eigenvalue weighted by atomic mass is 32.1. The van der Waals surface area contributed by atoms with Crippen molar-refractivity contribution in [3.63, 3.8) is 0 Å². The molecule has 5 nitrogen and oxygen atoms in total. The maximum absolute atomic E-state index is 14.0. The number of hydrogen-bond acceptors (Lipinski definition) is 4. The van der Waals surface area contributed by atoms with Gasteiger partial charge in [0.2, 0.25) is 11.8 Å². The zero-order valence-corrected chi connectivity index (χ0v) is 19.5. The van der Waals surface area contributed by atoms with Crippen LogP contribution in [-0.4, -0.2) is 30.4 Å². The molecule has 0 N–H and O–H groups in total. The number of methoxy groups -OCH3 is 1. The Bertz CT molecular complexity index is 1100. The summed E-state index contributed by atoms with van der Waals surface area (Å²) >= 11 is 1.72. The van der Waals surface area contributed by atoms with Gasteiger partial charge in [-0.25, -0.2) is 0 Å². The summed E-state index contributed by atoms with van der Waals surface area (Å²) in [6.45, 7) is 0.774. The maximum Gasteiger partial charge on any atom is 0.228 e. The number of hydrogen-bond donors (Lipinski definition) is 0. The first kappa shape index (κ1) is 21.7. The van der Waals surface area contributed by atoms with E-state index in [-0.39, 0.29) is 29.8 Å². The van der Waals surface area contributed by atoms with Gasteiger partial charge in [-0.2, -0.15) is 0 Å². The molecule has 0 radical (unpaired) electrons. The lowest BCUT2D eigenvalue weighted by Crippen LogP contribution is -2.49. The predicted molar refractivity (Wildman–Crippen MR) is 130 cm³/mol. The molecule has 33 heavy (non-hydrogen) atoms. The number of likely N-dealkylation sites (tertiary alicyclic amines) is 1. The summed E-state index contributed by atoms with van der Waals surface area (Å²) in [6.07, 6.45) is 2.94. The first-order valence-corrected chi connectivity index (χ1v) is 12.4. The van der Waals surface area contributed by atoms with Crippen LogP contribution in [0.2, 0.25) is 0 Å². The fourth-order valence-corrected chi connectivity index (χ4v) is 6.12. The number of carbonyl (C=O) groups is 2. The van der Waals surface area contributed by atoms with Crippen LogP contribution in [0.3, 0.4) is 0 Å². The Morgan fingerprint density at radius 2 is 1.79 bits per heavy atom. The number of benzene rings is 2. The van der Waals surface area contributed by atoms with Crippen LogP contribution in [0.25, 0.3) is 0 Å². The lowest BCUT2D eigenvalue weighted by molar-refractivity contribution is -0.139. The Kier molecular flexibility index (Phi) is 6.18. The summed E-state index contributed by atoms with van der Waals surface area (Å²) < 4.78 is 5.31. The average Bonchev–Trinajstić information content (AvgIpc) is 3.56. The molecule has 6 heteroatoms. The number of piperidine rings is 1. The second-order valence-electron chi connectivity index (χ2n) is 8.67. The Balaban J connectivity index is 1.53. The molecule has 2 fully saturated rings. The third kappa shape index (κ3) is 4.15. The van der Waals surface area contributed by atoms with Crippen molar-refractivity contribution >= 4 is 28.8 Å². The van der Waals surface area contributed by atoms with Gasteiger partial charge in [-0.1, -0.05) is 36.4 Å². The number of ether oxygens (including phenoxy) is 1. The first-order chi connectivity index (χ1) is 16.2. The van der Waals surface area contributed by atoms with Crippen molar-refractivity contribution in [3.8, 4) is 5.75 Å². The van der Waals surface area contributed by atoms with Gasteiger partial charge in [-0.15, -0.1) is 11.3 Å². The molecule has 0 aliphatic carbocycles. The topological polar surface area (TPSA) is 49.9 Å². The number of thiophene rings is 1. The van der Waals surface area contributed by atoms with Crippen molar-refractivity contribution in [3.05, 3.63) is 82.6 Å². The molecule has 3 heterocycles. The molecule has 2 aromatic carbocycles. The summed E-state index contributed by atoms with van der Waals surface area (Å²) in [5, 5.41) is 2.08. The van der Waals surface area contributed by atoms with Gasteiger partial charge in [0.25, 0.3) is 0 Å². The molecule has 2 saturated heterocycles. The molecule has 5 rings (SSSR count). The lowest BCUT2D eigenvalue weighted by atomic mass is 9.82. The highest BCUT2D eigenvalue weighted by Crippen LogP contribution is 2.44. The van der Waals surface area contributed by atoms with E-state index in [9.17, 15) is 9.59 Å². The molecule has 2 amide bonds. The summed E-state index contributed by atoms with van der Waals surface area (Å²) in [5.74, 6) is 0.663. The molecule has 170 valence electrons. The molecule has 3 aromatic rings. The molecule has 3 atom stereocenters. The van der Waals surface area contributed by atoms with Crippen LogP contribution in [0.15, 0.2) is 72.1 Å². The van der Waals surface area contributed by atoms with Gasteiger partial charge < -0.3 is 14.5 Å². The Morgan fingerprint density at radius 3 is 2.48 bits per heavy atom. The molecular weight excluding hydrogens is 432 g/mol. The van der Waals surface area contributed by atoms with Crippen molar-refractivity contribution in [2.45, 2.75) is 37.8 Å². The van der Waals surface area contributed by atoms with Crippen molar-refractivity contribution < 1.29 is 14.3 Å². The van der Waals surface area contributed by atoms with Crippen molar-refractivity contribution in [1.82, 2.24) is 4.90 Å². The van der Waals surface area contributed by atoms with Crippen LogP contribution < -0.4 is 9.64 Å².